The SMILES string of the molecule is O=C(O)c1ccnc(CNc2nncs2)c1. The molecular weight excluding hydrogens is 228 g/mol. The van der Waals surface area contributed by atoms with Crippen molar-refractivity contribution in [2.24, 2.45) is 0 Å². The van der Waals surface area contributed by atoms with E-state index in [1.165, 1.54) is 29.7 Å². The molecule has 2 aromatic heterocycles. The van der Waals surface area contributed by atoms with E-state index in [0.717, 1.165) is 0 Å². The lowest BCUT2D eigenvalue weighted by atomic mass is 10.2. The Morgan fingerprint density at radius 1 is 1.56 bits per heavy atom. The molecule has 2 N–H and O–H groups in total. The molecule has 0 unspecified atom stereocenters. The summed E-state index contributed by atoms with van der Waals surface area (Å²) in [6, 6.07) is 2.98. The van der Waals surface area contributed by atoms with Crippen molar-refractivity contribution in [3.63, 3.8) is 0 Å². The van der Waals surface area contributed by atoms with Gasteiger partial charge in [0.2, 0.25) is 5.13 Å². The van der Waals surface area contributed by atoms with Crippen LogP contribution in [-0.4, -0.2) is 26.3 Å². The van der Waals surface area contributed by atoms with Gasteiger partial charge in [-0.1, -0.05) is 11.3 Å². The van der Waals surface area contributed by atoms with Crippen molar-refractivity contribution in [3.8, 4) is 0 Å². The van der Waals surface area contributed by atoms with Crippen molar-refractivity contribution in [1.29, 1.82) is 0 Å². The molecule has 2 rings (SSSR count). The van der Waals surface area contributed by atoms with E-state index in [9.17, 15) is 4.79 Å². The van der Waals surface area contributed by atoms with Gasteiger partial charge in [-0.25, -0.2) is 4.79 Å². The lowest BCUT2D eigenvalue weighted by Gasteiger charge is -2.02. The van der Waals surface area contributed by atoms with E-state index in [0.29, 0.717) is 17.4 Å². The van der Waals surface area contributed by atoms with Crippen LogP contribution in [0.3, 0.4) is 0 Å². The molecule has 0 saturated carbocycles. The van der Waals surface area contributed by atoms with E-state index in [4.69, 9.17) is 5.11 Å². The molecule has 0 spiro atoms. The molecule has 0 aromatic carbocycles. The average Bonchev–Trinajstić information content (AvgIpc) is 2.79. The van der Waals surface area contributed by atoms with Crippen LogP contribution in [0.5, 0.6) is 0 Å². The van der Waals surface area contributed by atoms with Crippen LogP contribution in [0.15, 0.2) is 23.8 Å². The predicted octanol–water partition coefficient (Wildman–Crippen LogP) is 1.24. The monoisotopic (exact) mass is 236 g/mol. The summed E-state index contributed by atoms with van der Waals surface area (Å²) < 4.78 is 0. The zero-order valence-electron chi connectivity index (χ0n) is 8.12. The second-order valence-corrected chi connectivity index (χ2v) is 3.77. The molecule has 0 saturated heterocycles. The van der Waals surface area contributed by atoms with Gasteiger partial charge in [-0.15, -0.1) is 10.2 Å². The molecule has 0 radical (unpaired) electrons. The highest BCUT2D eigenvalue weighted by Gasteiger charge is 2.04. The van der Waals surface area contributed by atoms with Crippen molar-refractivity contribution < 1.29 is 9.90 Å². The minimum absolute atomic E-state index is 0.226. The fourth-order valence-corrected chi connectivity index (χ4v) is 1.57. The lowest BCUT2D eigenvalue weighted by Crippen LogP contribution is -2.04. The van der Waals surface area contributed by atoms with Gasteiger partial charge in [-0.05, 0) is 12.1 Å². The van der Waals surface area contributed by atoms with Crippen LogP contribution in [0.4, 0.5) is 5.13 Å². The number of aromatic nitrogens is 3. The van der Waals surface area contributed by atoms with E-state index in [2.05, 4.69) is 20.5 Å². The second-order valence-electron chi connectivity index (χ2n) is 2.94. The molecule has 2 aromatic rings. The van der Waals surface area contributed by atoms with Crippen LogP contribution in [-0.2, 0) is 6.54 Å². The minimum atomic E-state index is -0.959. The number of carboxylic acids is 1. The van der Waals surface area contributed by atoms with Crippen molar-refractivity contribution in [1.82, 2.24) is 15.2 Å². The summed E-state index contributed by atoms with van der Waals surface area (Å²) in [4.78, 5) is 14.8. The summed E-state index contributed by atoms with van der Waals surface area (Å²) >= 11 is 1.38. The first-order valence-corrected chi connectivity index (χ1v) is 5.32. The van der Waals surface area contributed by atoms with Gasteiger partial charge in [0, 0.05) is 6.20 Å². The number of nitrogens with zero attached hydrogens (tertiary/aromatic N) is 3. The Balaban J connectivity index is 2.04. The van der Waals surface area contributed by atoms with Crippen LogP contribution in [0.1, 0.15) is 16.1 Å². The van der Waals surface area contributed by atoms with Gasteiger partial charge < -0.3 is 10.4 Å². The normalized spacial score (nSPS) is 10.0. The number of carboxylic acid groups (broad SMARTS) is 1. The van der Waals surface area contributed by atoms with Gasteiger partial charge >= 0.3 is 5.97 Å². The first-order valence-electron chi connectivity index (χ1n) is 4.44. The topological polar surface area (TPSA) is 88.0 Å². The zero-order chi connectivity index (χ0) is 11.4. The molecule has 82 valence electrons. The quantitative estimate of drug-likeness (QED) is 0.830. The Hall–Kier alpha value is -2.02. The highest BCUT2D eigenvalue weighted by Crippen LogP contribution is 2.10. The van der Waals surface area contributed by atoms with Gasteiger partial charge in [0.05, 0.1) is 17.8 Å². The van der Waals surface area contributed by atoms with E-state index in [1.54, 1.807) is 5.51 Å². The van der Waals surface area contributed by atoms with Gasteiger partial charge in [0.1, 0.15) is 5.51 Å². The van der Waals surface area contributed by atoms with Crippen molar-refractivity contribution >= 4 is 22.4 Å². The standard InChI is InChI=1S/C9H8N4O2S/c14-8(15)6-1-2-10-7(3-6)4-11-9-13-12-5-16-9/h1-3,5H,4H2,(H,11,13)(H,14,15). The number of hydrogen-bond donors (Lipinski definition) is 2. The minimum Gasteiger partial charge on any atom is -0.478 e. The summed E-state index contributed by atoms with van der Waals surface area (Å²) in [5.41, 5.74) is 2.49. The number of pyridine rings is 1. The smallest absolute Gasteiger partial charge is 0.335 e. The molecule has 0 aliphatic rings. The summed E-state index contributed by atoms with van der Waals surface area (Å²) in [5, 5.41) is 19.9. The van der Waals surface area contributed by atoms with Crippen LogP contribution in [0.25, 0.3) is 0 Å². The van der Waals surface area contributed by atoms with Crippen LogP contribution in [0, 0.1) is 0 Å². The lowest BCUT2D eigenvalue weighted by molar-refractivity contribution is 0.0696. The molecular formula is C9H8N4O2S. The van der Waals surface area contributed by atoms with Crippen molar-refractivity contribution in [2.45, 2.75) is 6.54 Å². The fraction of sp³-hybridized carbons (Fsp3) is 0.111. The maximum atomic E-state index is 10.7. The molecule has 7 heteroatoms. The number of anilines is 1. The Labute approximate surface area is 95.0 Å². The third kappa shape index (κ3) is 2.51. The summed E-state index contributed by atoms with van der Waals surface area (Å²) in [7, 11) is 0. The second kappa shape index (κ2) is 4.67. The first-order chi connectivity index (χ1) is 7.75. The van der Waals surface area contributed by atoms with Crippen molar-refractivity contribution in [2.75, 3.05) is 5.32 Å². The number of aromatic carboxylic acids is 1. The molecule has 0 aliphatic heterocycles. The Morgan fingerprint density at radius 3 is 3.12 bits per heavy atom. The van der Waals surface area contributed by atoms with Gasteiger partial charge in [0.15, 0.2) is 0 Å². The molecule has 2 heterocycles. The van der Waals surface area contributed by atoms with Gasteiger partial charge in [-0.2, -0.15) is 0 Å². The number of hydrogen-bond acceptors (Lipinski definition) is 6. The maximum absolute atomic E-state index is 10.7. The highest BCUT2D eigenvalue weighted by atomic mass is 32.1. The zero-order valence-corrected chi connectivity index (χ0v) is 8.94. The third-order valence-electron chi connectivity index (χ3n) is 1.84. The van der Waals surface area contributed by atoms with Crippen molar-refractivity contribution in [3.05, 3.63) is 35.1 Å². The molecule has 0 amide bonds. The highest BCUT2D eigenvalue weighted by molar-refractivity contribution is 7.13. The average molecular weight is 236 g/mol. The summed E-state index contributed by atoms with van der Waals surface area (Å²) in [5.74, 6) is -0.959. The maximum Gasteiger partial charge on any atom is 0.335 e. The van der Waals surface area contributed by atoms with Gasteiger partial charge in [0.25, 0.3) is 0 Å². The van der Waals surface area contributed by atoms with E-state index >= 15 is 0 Å². The number of carbonyl (C=O) groups is 1. The molecule has 0 bridgehead atoms. The molecule has 0 fully saturated rings. The molecule has 0 aliphatic carbocycles. The molecule has 0 atom stereocenters. The van der Waals surface area contributed by atoms with Crippen LogP contribution >= 0.6 is 11.3 Å². The van der Waals surface area contributed by atoms with E-state index in [1.807, 2.05) is 0 Å². The summed E-state index contributed by atoms with van der Waals surface area (Å²) in [6.07, 6.45) is 1.47. The van der Waals surface area contributed by atoms with Crippen LogP contribution < -0.4 is 5.32 Å². The Morgan fingerprint density at radius 2 is 2.44 bits per heavy atom. The number of rotatable bonds is 4. The fourth-order valence-electron chi connectivity index (χ4n) is 1.12. The van der Waals surface area contributed by atoms with Crippen LogP contribution in [0.2, 0.25) is 0 Å². The third-order valence-corrected chi connectivity index (χ3v) is 2.49. The largest absolute Gasteiger partial charge is 0.478 e. The predicted molar refractivity (Wildman–Crippen MR) is 58.4 cm³/mol. The van der Waals surface area contributed by atoms with E-state index in [-0.39, 0.29) is 5.56 Å². The summed E-state index contributed by atoms with van der Waals surface area (Å²) in [6.45, 7) is 0.427. The molecule has 6 nitrogen and oxygen atoms in total. The Kier molecular flexibility index (Phi) is 3.06. The number of nitrogens with one attached hydrogen (secondary N) is 1. The van der Waals surface area contributed by atoms with E-state index < -0.39 is 5.97 Å². The van der Waals surface area contributed by atoms with Gasteiger partial charge in [-0.3, -0.25) is 4.98 Å². The Bertz CT molecular complexity index is 486. The molecule has 16 heavy (non-hydrogen) atoms. The first kappa shape index (κ1) is 10.5.